The zero-order valence-corrected chi connectivity index (χ0v) is 15.3. The summed E-state index contributed by atoms with van der Waals surface area (Å²) in [5.41, 5.74) is 2.22. The van der Waals surface area contributed by atoms with Crippen LogP contribution in [0.5, 0.6) is 5.75 Å². The summed E-state index contributed by atoms with van der Waals surface area (Å²) in [6, 6.07) is 17.7. The number of hydrogen-bond acceptors (Lipinski definition) is 6. The molecule has 0 saturated heterocycles. The summed E-state index contributed by atoms with van der Waals surface area (Å²) in [5, 5.41) is 11.7. The third kappa shape index (κ3) is 4.65. The molecule has 7 heteroatoms. The van der Waals surface area contributed by atoms with Gasteiger partial charge in [-0.05, 0) is 30.2 Å². The molecule has 0 radical (unpaired) electrons. The first-order valence-electron chi connectivity index (χ1n) is 8.10. The van der Waals surface area contributed by atoms with Gasteiger partial charge in [-0.25, -0.2) is 0 Å². The maximum atomic E-state index is 12.2. The fourth-order valence-corrected chi connectivity index (χ4v) is 3.02. The Balaban J connectivity index is 1.58. The van der Waals surface area contributed by atoms with Crippen molar-refractivity contribution in [2.24, 2.45) is 0 Å². The molecule has 134 valence electrons. The van der Waals surface area contributed by atoms with E-state index in [1.807, 2.05) is 54.6 Å². The van der Waals surface area contributed by atoms with Crippen LogP contribution in [0.15, 0.2) is 54.6 Å². The summed E-state index contributed by atoms with van der Waals surface area (Å²) in [7, 11) is 1.58. The Morgan fingerprint density at radius 1 is 1.08 bits per heavy atom. The lowest BCUT2D eigenvalue weighted by Gasteiger charge is -2.14. The zero-order valence-electron chi connectivity index (χ0n) is 14.5. The van der Waals surface area contributed by atoms with Gasteiger partial charge in [0.15, 0.2) is 6.10 Å². The summed E-state index contributed by atoms with van der Waals surface area (Å²) >= 11 is 1.27. The van der Waals surface area contributed by atoms with Crippen LogP contribution < -0.4 is 10.1 Å². The summed E-state index contributed by atoms with van der Waals surface area (Å²) in [6.45, 7) is 2.06. The number of hydrogen-bond donors (Lipinski definition) is 1. The highest BCUT2D eigenvalue weighted by Crippen LogP contribution is 2.23. The van der Waals surface area contributed by atoms with Crippen molar-refractivity contribution in [1.29, 1.82) is 0 Å². The van der Waals surface area contributed by atoms with Gasteiger partial charge >= 0.3 is 0 Å². The normalized spacial score (nSPS) is 11.8. The molecule has 0 aliphatic heterocycles. The van der Waals surface area contributed by atoms with Crippen molar-refractivity contribution in [3.8, 4) is 16.9 Å². The molecular weight excluding hydrogens is 350 g/mol. The van der Waals surface area contributed by atoms with Crippen molar-refractivity contribution in [1.82, 2.24) is 10.2 Å². The van der Waals surface area contributed by atoms with Crippen LogP contribution in [-0.4, -0.2) is 29.3 Å². The average molecular weight is 369 g/mol. The number of ether oxygens (including phenoxy) is 2. The first-order valence-corrected chi connectivity index (χ1v) is 8.91. The smallest absolute Gasteiger partial charge is 0.266 e. The van der Waals surface area contributed by atoms with Gasteiger partial charge in [-0.3, -0.25) is 10.1 Å². The van der Waals surface area contributed by atoms with Gasteiger partial charge in [0.2, 0.25) is 5.13 Å². The summed E-state index contributed by atoms with van der Waals surface area (Å²) in [4.78, 5) is 12.2. The highest BCUT2D eigenvalue weighted by molar-refractivity contribution is 7.15. The van der Waals surface area contributed by atoms with E-state index >= 15 is 0 Å². The van der Waals surface area contributed by atoms with Gasteiger partial charge in [-0.15, -0.1) is 10.2 Å². The highest BCUT2D eigenvalue weighted by Gasteiger charge is 2.17. The Hall–Kier alpha value is -2.77. The lowest BCUT2D eigenvalue weighted by atomic mass is 10.1. The standard InChI is InChI=1S/C19H19N3O3S/c1-13(18(23)20-19-22-21-17(26-19)12-24-2)25-16-10-8-15(9-11-16)14-6-4-3-5-7-14/h3-11,13H,12H2,1-2H3,(H,20,22,23). The number of amides is 1. The molecular formula is C19H19N3O3S. The Bertz CT molecular complexity index is 850. The second-order valence-electron chi connectivity index (χ2n) is 5.57. The minimum Gasteiger partial charge on any atom is -0.481 e. The lowest BCUT2D eigenvalue weighted by molar-refractivity contribution is -0.122. The molecule has 2 aromatic carbocycles. The maximum absolute atomic E-state index is 12.2. The van der Waals surface area contributed by atoms with Crippen molar-refractivity contribution in [3.63, 3.8) is 0 Å². The molecule has 0 saturated carbocycles. The Kier molecular flexibility index (Phi) is 5.93. The van der Waals surface area contributed by atoms with Crippen molar-refractivity contribution in [2.45, 2.75) is 19.6 Å². The predicted octanol–water partition coefficient (Wildman–Crippen LogP) is 3.76. The van der Waals surface area contributed by atoms with Gasteiger partial charge in [0.25, 0.3) is 5.91 Å². The molecule has 1 N–H and O–H groups in total. The number of methoxy groups -OCH3 is 1. The maximum Gasteiger partial charge on any atom is 0.266 e. The first-order chi connectivity index (χ1) is 12.7. The van der Waals surface area contributed by atoms with E-state index in [1.54, 1.807) is 14.0 Å². The third-order valence-corrected chi connectivity index (χ3v) is 4.42. The number of carbonyl (C=O) groups is 1. The molecule has 1 heterocycles. The number of carbonyl (C=O) groups excluding carboxylic acids is 1. The van der Waals surface area contributed by atoms with Crippen LogP contribution in [0.2, 0.25) is 0 Å². The fourth-order valence-electron chi connectivity index (χ4n) is 2.31. The van der Waals surface area contributed by atoms with Crippen molar-refractivity contribution in [2.75, 3.05) is 12.4 Å². The average Bonchev–Trinajstić information content (AvgIpc) is 3.10. The molecule has 1 unspecified atom stereocenters. The van der Waals surface area contributed by atoms with Crippen molar-refractivity contribution < 1.29 is 14.3 Å². The van der Waals surface area contributed by atoms with E-state index in [9.17, 15) is 4.79 Å². The van der Waals surface area contributed by atoms with Crippen LogP contribution in [0, 0.1) is 0 Å². The van der Waals surface area contributed by atoms with Gasteiger partial charge in [-0.2, -0.15) is 0 Å². The molecule has 1 atom stereocenters. The second-order valence-corrected chi connectivity index (χ2v) is 6.64. The second kappa shape index (κ2) is 8.55. The quantitative estimate of drug-likeness (QED) is 0.686. The Labute approximate surface area is 155 Å². The fraction of sp³-hybridized carbons (Fsp3) is 0.211. The lowest BCUT2D eigenvalue weighted by Crippen LogP contribution is -2.30. The number of nitrogens with one attached hydrogen (secondary N) is 1. The Morgan fingerprint density at radius 2 is 1.77 bits per heavy atom. The van der Waals surface area contributed by atoms with E-state index in [4.69, 9.17) is 9.47 Å². The molecule has 6 nitrogen and oxygen atoms in total. The van der Waals surface area contributed by atoms with Gasteiger partial charge in [0.05, 0.1) is 0 Å². The van der Waals surface area contributed by atoms with Gasteiger partial charge in [0, 0.05) is 7.11 Å². The van der Waals surface area contributed by atoms with Crippen LogP contribution >= 0.6 is 11.3 Å². The third-order valence-electron chi connectivity index (χ3n) is 3.61. The van der Waals surface area contributed by atoms with E-state index < -0.39 is 6.10 Å². The molecule has 0 aliphatic rings. The van der Waals surface area contributed by atoms with E-state index in [0.29, 0.717) is 22.5 Å². The number of benzene rings is 2. The molecule has 0 aliphatic carbocycles. The number of anilines is 1. The molecule has 1 amide bonds. The summed E-state index contributed by atoms with van der Waals surface area (Å²) < 4.78 is 10.7. The van der Waals surface area contributed by atoms with Crippen LogP contribution in [0.1, 0.15) is 11.9 Å². The van der Waals surface area contributed by atoms with Crippen molar-refractivity contribution >= 4 is 22.4 Å². The molecule has 3 rings (SSSR count). The topological polar surface area (TPSA) is 73.3 Å². The predicted molar refractivity (Wildman–Crippen MR) is 101 cm³/mol. The summed E-state index contributed by atoms with van der Waals surface area (Å²) in [6.07, 6.45) is -0.660. The Morgan fingerprint density at radius 3 is 2.46 bits per heavy atom. The molecule has 0 fully saturated rings. The van der Waals surface area contributed by atoms with Crippen LogP contribution in [-0.2, 0) is 16.1 Å². The van der Waals surface area contributed by atoms with Crippen LogP contribution in [0.4, 0.5) is 5.13 Å². The van der Waals surface area contributed by atoms with Gasteiger partial charge in [0.1, 0.15) is 17.4 Å². The molecule has 3 aromatic rings. The number of nitrogens with zero attached hydrogens (tertiary/aromatic N) is 2. The number of aromatic nitrogens is 2. The minimum atomic E-state index is -0.660. The van der Waals surface area contributed by atoms with Gasteiger partial charge in [-0.1, -0.05) is 53.8 Å². The van der Waals surface area contributed by atoms with E-state index in [2.05, 4.69) is 15.5 Å². The SMILES string of the molecule is COCc1nnc(NC(=O)C(C)Oc2ccc(-c3ccccc3)cc2)s1. The van der Waals surface area contributed by atoms with Crippen molar-refractivity contribution in [3.05, 3.63) is 59.6 Å². The number of rotatable bonds is 7. The highest BCUT2D eigenvalue weighted by atomic mass is 32.1. The largest absolute Gasteiger partial charge is 0.481 e. The molecule has 0 spiro atoms. The molecule has 1 aromatic heterocycles. The van der Waals surface area contributed by atoms with Crippen LogP contribution in [0.3, 0.4) is 0 Å². The first kappa shape index (κ1) is 18.0. The van der Waals surface area contributed by atoms with E-state index in [1.165, 1.54) is 11.3 Å². The molecule has 0 bridgehead atoms. The summed E-state index contributed by atoms with van der Waals surface area (Å²) in [5.74, 6) is 0.349. The molecule has 26 heavy (non-hydrogen) atoms. The van der Waals surface area contributed by atoms with E-state index in [-0.39, 0.29) is 5.91 Å². The van der Waals surface area contributed by atoms with Gasteiger partial charge < -0.3 is 9.47 Å². The van der Waals surface area contributed by atoms with Crippen LogP contribution in [0.25, 0.3) is 11.1 Å². The monoisotopic (exact) mass is 369 g/mol. The zero-order chi connectivity index (χ0) is 18.4. The van der Waals surface area contributed by atoms with E-state index in [0.717, 1.165) is 11.1 Å². The minimum absolute atomic E-state index is 0.280.